The number of methoxy groups -OCH3 is 1. The molecule has 0 saturated heterocycles. The molecule has 6 nitrogen and oxygen atoms in total. The molecule has 0 spiro atoms. The molecule has 2 aromatic carbocycles. The van der Waals surface area contributed by atoms with Gasteiger partial charge in [0.25, 0.3) is 0 Å². The van der Waals surface area contributed by atoms with Crippen molar-refractivity contribution in [1.82, 2.24) is 0 Å². The maximum Gasteiger partial charge on any atom is 0.231 e. The van der Waals surface area contributed by atoms with E-state index in [1.807, 2.05) is 6.07 Å². The number of likely N-dealkylation sites (N-methyl/N-ethyl adjacent to an activating group) is 1. The molecule has 6 heteroatoms. The van der Waals surface area contributed by atoms with Crippen LogP contribution in [-0.2, 0) is 6.42 Å². The molecular weight excluding hydrogens is 344 g/mol. The van der Waals surface area contributed by atoms with Crippen LogP contribution in [0.5, 0.6) is 17.2 Å². The summed E-state index contributed by atoms with van der Waals surface area (Å²) in [6, 6.07) is 10.9. The number of fused-ring (bicyclic) bond motifs is 2. The van der Waals surface area contributed by atoms with Crippen LogP contribution in [0.4, 0.5) is 0 Å². The molecule has 2 aliphatic heterocycles. The summed E-state index contributed by atoms with van der Waals surface area (Å²) in [6.07, 6.45) is 1.26. The van der Waals surface area contributed by atoms with E-state index in [1.165, 1.54) is 4.90 Å². The molecule has 2 unspecified atom stereocenters. The van der Waals surface area contributed by atoms with Gasteiger partial charge in [-0.05, 0) is 23.8 Å². The fourth-order valence-electron chi connectivity index (χ4n) is 3.93. The Morgan fingerprint density at radius 1 is 1.33 bits per heavy atom. The van der Waals surface area contributed by atoms with Crippen molar-refractivity contribution in [3.63, 3.8) is 0 Å². The van der Waals surface area contributed by atoms with Crippen LogP contribution in [0.2, 0.25) is 0 Å². The monoisotopic (exact) mass is 365 g/mol. The van der Waals surface area contributed by atoms with Gasteiger partial charge >= 0.3 is 0 Å². The lowest BCUT2D eigenvalue weighted by atomic mass is 9.87. The van der Waals surface area contributed by atoms with Gasteiger partial charge in [-0.2, -0.15) is 5.26 Å². The van der Waals surface area contributed by atoms with Crippen molar-refractivity contribution < 1.29 is 23.9 Å². The zero-order chi connectivity index (χ0) is 19.0. The fourth-order valence-corrected chi connectivity index (χ4v) is 3.93. The molecule has 1 N–H and O–H groups in total. The van der Waals surface area contributed by atoms with Crippen LogP contribution in [-0.4, -0.2) is 33.3 Å². The minimum Gasteiger partial charge on any atom is -0.492 e. The van der Waals surface area contributed by atoms with Crippen LogP contribution in [0.3, 0.4) is 0 Å². The number of carbonyl (C=O) groups is 1. The predicted octanol–water partition coefficient (Wildman–Crippen LogP) is 1.68. The molecule has 0 bridgehead atoms. The SMILES string of the molecule is COc1c2c(cc3c1C(CC(=O)c1ccc(C#N)cc1)[NH+](C)CC3)OCO2. The first-order chi connectivity index (χ1) is 13.1. The molecule has 0 aromatic heterocycles. The van der Waals surface area contributed by atoms with Crippen molar-refractivity contribution >= 4 is 5.78 Å². The van der Waals surface area contributed by atoms with E-state index in [9.17, 15) is 4.79 Å². The zero-order valence-electron chi connectivity index (χ0n) is 15.4. The number of Topliss-reactive ketones (excluding diaryl/α,β-unsaturated/α-hetero) is 1. The Morgan fingerprint density at radius 2 is 2.11 bits per heavy atom. The van der Waals surface area contributed by atoms with Gasteiger partial charge in [0.1, 0.15) is 6.04 Å². The van der Waals surface area contributed by atoms with E-state index >= 15 is 0 Å². The summed E-state index contributed by atoms with van der Waals surface area (Å²) in [4.78, 5) is 14.2. The number of hydrogen-bond donors (Lipinski definition) is 1. The van der Waals surface area contributed by atoms with E-state index in [-0.39, 0.29) is 18.6 Å². The lowest BCUT2D eigenvalue weighted by Crippen LogP contribution is -3.10. The predicted molar refractivity (Wildman–Crippen MR) is 97.4 cm³/mol. The van der Waals surface area contributed by atoms with Gasteiger partial charge in [-0.3, -0.25) is 4.79 Å². The van der Waals surface area contributed by atoms with Crippen LogP contribution in [0.15, 0.2) is 30.3 Å². The van der Waals surface area contributed by atoms with Gasteiger partial charge in [0.2, 0.25) is 12.5 Å². The van der Waals surface area contributed by atoms with E-state index in [0.717, 1.165) is 24.1 Å². The van der Waals surface area contributed by atoms with Crippen molar-refractivity contribution in [2.24, 2.45) is 0 Å². The molecule has 0 saturated carbocycles. The Kier molecular flexibility index (Phi) is 4.46. The quantitative estimate of drug-likeness (QED) is 0.835. The molecule has 4 rings (SSSR count). The first-order valence-corrected chi connectivity index (χ1v) is 8.97. The maximum absolute atomic E-state index is 12.9. The van der Waals surface area contributed by atoms with Gasteiger partial charge in [-0.1, -0.05) is 12.1 Å². The molecule has 0 fully saturated rings. The molecular formula is C21H21N2O4+. The molecule has 2 aromatic rings. The second-order valence-electron chi connectivity index (χ2n) is 6.93. The molecule has 0 amide bonds. The second kappa shape index (κ2) is 6.93. The number of ether oxygens (including phenoxy) is 3. The molecule has 27 heavy (non-hydrogen) atoms. The van der Waals surface area contributed by atoms with E-state index in [2.05, 4.69) is 13.1 Å². The van der Waals surface area contributed by atoms with Gasteiger partial charge in [-0.15, -0.1) is 0 Å². The number of nitrogens with one attached hydrogen (secondary N) is 1. The van der Waals surface area contributed by atoms with Crippen molar-refractivity contribution in [1.29, 1.82) is 5.26 Å². The van der Waals surface area contributed by atoms with Crippen LogP contribution in [0.1, 0.15) is 39.5 Å². The molecule has 0 aliphatic carbocycles. The minimum absolute atomic E-state index is 0.0265. The molecule has 2 heterocycles. The van der Waals surface area contributed by atoms with Crippen molar-refractivity contribution in [3.05, 3.63) is 52.6 Å². The van der Waals surface area contributed by atoms with Gasteiger partial charge in [0.15, 0.2) is 17.3 Å². The summed E-state index contributed by atoms with van der Waals surface area (Å²) in [5.41, 5.74) is 3.35. The summed E-state index contributed by atoms with van der Waals surface area (Å²) >= 11 is 0. The minimum atomic E-state index is -0.0265. The van der Waals surface area contributed by atoms with Crippen molar-refractivity contribution in [2.45, 2.75) is 18.9 Å². The Bertz CT molecular complexity index is 931. The summed E-state index contributed by atoms with van der Waals surface area (Å²) < 4.78 is 16.8. The Labute approximate surface area is 157 Å². The van der Waals surface area contributed by atoms with Crippen LogP contribution in [0.25, 0.3) is 0 Å². The topological polar surface area (TPSA) is 73.0 Å². The fraction of sp³-hybridized carbons (Fsp3) is 0.333. The first-order valence-electron chi connectivity index (χ1n) is 8.97. The van der Waals surface area contributed by atoms with Gasteiger partial charge in [-0.25, -0.2) is 0 Å². The highest BCUT2D eigenvalue weighted by molar-refractivity contribution is 5.96. The standard InChI is InChI=1S/C21H20N2O4/c1-23-8-7-15-9-18-20(27-12-26-18)21(25-2)19(15)16(23)10-17(24)14-5-3-13(11-22)4-6-14/h3-6,9,16H,7-8,10,12H2,1-2H3/p+1. The van der Waals surface area contributed by atoms with Crippen LogP contribution in [0, 0.1) is 11.3 Å². The van der Waals surface area contributed by atoms with Crippen LogP contribution >= 0.6 is 0 Å². The molecule has 0 radical (unpaired) electrons. The third kappa shape index (κ3) is 3.00. The highest BCUT2D eigenvalue weighted by Crippen LogP contribution is 2.47. The molecule has 138 valence electrons. The average molecular weight is 365 g/mol. The number of quaternary nitrogens is 1. The summed E-state index contributed by atoms with van der Waals surface area (Å²) in [5, 5.41) is 8.93. The van der Waals surface area contributed by atoms with E-state index in [0.29, 0.717) is 34.8 Å². The number of ketones is 1. The zero-order valence-corrected chi connectivity index (χ0v) is 15.4. The smallest absolute Gasteiger partial charge is 0.231 e. The highest BCUT2D eigenvalue weighted by Gasteiger charge is 2.37. The molecule has 2 aliphatic rings. The number of hydrogen-bond acceptors (Lipinski definition) is 5. The molecule has 2 atom stereocenters. The summed E-state index contributed by atoms with van der Waals surface area (Å²) in [6.45, 7) is 1.12. The number of carbonyl (C=O) groups excluding carboxylic acids is 1. The van der Waals surface area contributed by atoms with Gasteiger partial charge < -0.3 is 19.1 Å². The van der Waals surface area contributed by atoms with Crippen molar-refractivity contribution in [3.8, 4) is 23.3 Å². The number of rotatable bonds is 4. The van der Waals surface area contributed by atoms with Crippen molar-refractivity contribution in [2.75, 3.05) is 27.5 Å². The summed E-state index contributed by atoms with van der Waals surface area (Å²) in [5.74, 6) is 2.07. The van der Waals surface area contributed by atoms with E-state index < -0.39 is 0 Å². The largest absolute Gasteiger partial charge is 0.492 e. The van der Waals surface area contributed by atoms with Crippen LogP contribution < -0.4 is 19.1 Å². The third-order valence-electron chi connectivity index (χ3n) is 5.41. The third-order valence-corrected chi connectivity index (χ3v) is 5.41. The lowest BCUT2D eigenvalue weighted by Gasteiger charge is -2.32. The maximum atomic E-state index is 12.9. The van der Waals surface area contributed by atoms with Gasteiger partial charge in [0, 0.05) is 12.0 Å². The lowest BCUT2D eigenvalue weighted by molar-refractivity contribution is -0.913. The Balaban J connectivity index is 1.69. The number of nitriles is 1. The second-order valence-corrected chi connectivity index (χ2v) is 6.93. The summed E-state index contributed by atoms with van der Waals surface area (Å²) in [7, 11) is 3.73. The Hall–Kier alpha value is -3.04. The average Bonchev–Trinajstić information content (AvgIpc) is 3.16. The Morgan fingerprint density at radius 3 is 2.81 bits per heavy atom. The first kappa shape index (κ1) is 17.4. The van der Waals surface area contributed by atoms with Gasteiger partial charge in [0.05, 0.1) is 44.3 Å². The highest BCUT2D eigenvalue weighted by atomic mass is 16.7. The van der Waals surface area contributed by atoms with E-state index in [1.54, 1.807) is 31.4 Å². The normalized spacial score (nSPS) is 19.9. The number of benzene rings is 2. The number of nitrogens with zero attached hydrogens (tertiary/aromatic N) is 1. The van der Waals surface area contributed by atoms with E-state index in [4.69, 9.17) is 19.5 Å².